The Morgan fingerprint density at radius 1 is 1.64 bits per heavy atom. The Morgan fingerprint density at radius 3 is 2.86 bits per heavy atom. The minimum Gasteiger partial charge on any atom is -0.481 e. The lowest BCUT2D eigenvalue weighted by Crippen LogP contribution is -2.26. The van der Waals surface area contributed by atoms with E-state index < -0.39 is 11.9 Å². The van der Waals surface area contributed by atoms with Gasteiger partial charge in [-0.05, 0) is 0 Å². The van der Waals surface area contributed by atoms with E-state index in [1.807, 2.05) is 0 Å². The first kappa shape index (κ1) is 10.0. The number of nitrogens with zero attached hydrogens (tertiary/aromatic N) is 1. The van der Waals surface area contributed by atoms with E-state index in [0.29, 0.717) is 0 Å². The molecule has 7 nitrogen and oxygen atoms in total. The lowest BCUT2D eigenvalue weighted by atomic mass is 10.3. The highest BCUT2D eigenvalue weighted by molar-refractivity contribution is 5.98. The molecule has 0 aliphatic carbocycles. The van der Waals surface area contributed by atoms with E-state index in [4.69, 9.17) is 10.8 Å². The first-order valence-corrected chi connectivity index (χ1v) is 3.90. The first-order chi connectivity index (χ1) is 6.61. The molecule has 0 aliphatic rings. The molecule has 0 saturated carbocycles. The Kier molecular flexibility index (Phi) is 3.05. The average Bonchev–Trinajstić information content (AvgIpc) is 2.50. The van der Waals surface area contributed by atoms with Gasteiger partial charge in [0, 0.05) is 6.54 Å². The van der Waals surface area contributed by atoms with Crippen LogP contribution in [0.1, 0.15) is 16.8 Å². The summed E-state index contributed by atoms with van der Waals surface area (Å²) in [6.45, 7) is 0.0682. The molecule has 0 bridgehead atoms. The lowest BCUT2D eigenvalue weighted by Gasteiger charge is -2.00. The van der Waals surface area contributed by atoms with Gasteiger partial charge in [-0.25, -0.2) is 0 Å². The van der Waals surface area contributed by atoms with E-state index in [1.165, 1.54) is 6.20 Å². The van der Waals surface area contributed by atoms with Gasteiger partial charge in [0.1, 0.15) is 11.4 Å². The van der Waals surface area contributed by atoms with E-state index in [1.54, 1.807) is 0 Å². The van der Waals surface area contributed by atoms with Gasteiger partial charge >= 0.3 is 5.97 Å². The van der Waals surface area contributed by atoms with Gasteiger partial charge in [0.25, 0.3) is 5.91 Å². The molecule has 0 radical (unpaired) electrons. The van der Waals surface area contributed by atoms with Gasteiger partial charge in [-0.2, -0.15) is 5.10 Å². The van der Waals surface area contributed by atoms with Crippen LogP contribution in [0.4, 0.5) is 5.82 Å². The normalized spacial score (nSPS) is 9.71. The van der Waals surface area contributed by atoms with E-state index in [0.717, 1.165) is 0 Å². The Balaban J connectivity index is 2.44. The smallest absolute Gasteiger partial charge is 0.305 e. The van der Waals surface area contributed by atoms with Gasteiger partial charge in [-0.3, -0.25) is 14.7 Å². The van der Waals surface area contributed by atoms with Gasteiger partial charge in [-0.1, -0.05) is 0 Å². The number of aromatic nitrogens is 2. The second kappa shape index (κ2) is 4.26. The van der Waals surface area contributed by atoms with Crippen LogP contribution in [0.25, 0.3) is 0 Å². The molecule has 7 heteroatoms. The Morgan fingerprint density at radius 2 is 2.36 bits per heavy atom. The van der Waals surface area contributed by atoms with Crippen molar-refractivity contribution in [2.45, 2.75) is 6.42 Å². The molecule has 1 aromatic heterocycles. The van der Waals surface area contributed by atoms with Crippen molar-refractivity contribution in [3.8, 4) is 0 Å². The van der Waals surface area contributed by atoms with Crippen LogP contribution < -0.4 is 11.1 Å². The number of carboxylic acids is 1. The molecule has 0 aliphatic heterocycles. The predicted molar refractivity (Wildman–Crippen MR) is 47.6 cm³/mol. The molecule has 0 saturated heterocycles. The highest BCUT2D eigenvalue weighted by Crippen LogP contribution is 2.04. The molecule has 0 atom stereocenters. The number of hydrogen-bond donors (Lipinski definition) is 4. The average molecular weight is 198 g/mol. The third-order valence-electron chi connectivity index (χ3n) is 1.54. The number of aromatic amines is 1. The summed E-state index contributed by atoms with van der Waals surface area (Å²) in [4.78, 5) is 21.4. The molecule has 5 N–H and O–H groups in total. The number of carbonyl (C=O) groups excluding carboxylic acids is 1. The molecule has 1 heterocycles. The molecule has 1 amide bonds. The van der Waals surface area contributed by atoms with E-state index in [9.17, 15) is 9.59 Å². The van der Waals surface area contributed by atoms with Gasteiger partial charge in [0.2, 0.25) is 0 Å². The summed E-state index contributed by atoms with van der Waals surface area (Å²) in [5.74, 6) is -1.24. The van der Waals surface area contributed by atoms with Gasteiger partial charge in [0.05, 0.1) is 12.6 Å². The van der Waals surface area contributed by atoms with E-state index in [2.05, 4.69) is 15.5 Å². The maximum absolute atomic E-state index is 11.3. The first-order valence-electron chi connectivity index (χ1n) is 3.90. The van der Waals surface area contributed by atoms with Crippen molar-refractivity contribution in [2.75, 3.05) is 12.3 Å². The third kappa shape index (κ3) is 2.47. The maximum Gasteiger partial charge on any atom is 0.305 e. The van der Waals surface area contributed by atoms with Crippen LogP contribution in [-0.2, 0) is 4.79 Å². The van der Waals surface area contributed by atoms with Crippen molar-refractivity contribution in [1.82, 2.24) is 15.5 Å². The summed E-state index contributed by atoms with van der Waals surface area (Å²) < 4.78 is 0. The van der Waals surface area contributed by atoms with E-state index >= 15 is 0 Å². The molecular formula is C7H10N4O3. The zero-order valence-electron chi connectivity index (χ0n) is 7.28. The molecule has 0 spiro atoms. The Hall–Kier alpha value is -2.05. The van der Waals surface area contributed by atoms with Crippen LogP contribution in [0.3, 0.4) is 0 Å². The van der Waals surface area contributed by atoms with E-state index in [-0.39, 0.29) is 24.3 Å². The van der Waals surface area contributed by atoms with Crippen molar-refractivity contribution in [2.24, 2.45) is 0 Å². The zero-order chi connectivity index (χ0) is 10.6. The number of carbonyl (C=O) groups is 2. The number of nitrogens with two attached hydrogens (primary N) is 1. The fourth-order valence-corrected chi connectivity index (χ4v) is 0.855. The number of amides is 1. The summed E-state index contributed by atoms with van der Waals surface area (Å²) in [6, 6.07) is 0. The number of aliphatic carboxylic acids is 1. The second-order valence-corrected chi connectivity index (χ2v) is 2.60. The quantitative estimate of drug-likeness (QED) is 0.504. The summed E-state index contributed by atoms with van der Waals surface area (Å²) in [6.07, 6.45) is 1.16. The standard InChI is InChI=1S/C7H10N4O3/c8-6-4(3-10-11-6)7(14)9-2-1-5(12)13/h3H,1-2H2,(H,9,14)(H,12,13)(H3,8,10,11). The molecule has 14 heavy (non-hydrogen) atoms. The molecule has 1 rings (SSSR count). The van der Waals surface area contributed by atoms with Gasteiger partial charge in [-0.15, -0.1) is 0 Å². The van der Waals surface area contributed by atoms with Crippen molar-refractivity contribution in [3.05, 3.63) is 11.8 Å². The van der Waals surface area contributed by atoms with Crippen LogP contribution in [0, 0.1) is 0 Å². The molecule has 0 fully saturated rings. The van der Waals surface area contributed by atoms with Gasteiger partial charge in [0.15, 0.2) is 0 Å². The number of carboxylic acid groups (broad SMARTS) is 1. The van der Waals surface area contributed by atoms with Gasteiger partial charge < -0.3 is 16.2 Å². The highest BCUT2D eigenvalue weighted by atomic mass is 16.4. The third-order valence-corrected chi connectivity index (χ3v) is 1.54. The lowest BCUT2D eigenvalue weighted by molar-refractivity contribution is -0.136. The molecular weight excluding hydrogens is 188 g/mol. The zero-order valence-corrected chi connectivity index (χ0v) is 7.28. The largest absolute Gasteiger partial charge is 0.481 e. The summed E-state index contributed by atoms with van der Waals surface area (Å²) in [5, 5.41) is 16.7. The highest BCUT2D eigenvalue weighted by Gasteiger charge is 2.10. The summed E-state index contributed by atoms with van der Waals surface area (Å²) >= 11 is 0. The fraction of sp³-hybridized carbons (Fsp3) is 0.286. The summed E-state index contributed by atoms with van der Waals surface area (Å²) in [7, 11) is 0. The molecule has 0 unspecified atom stereocenters. The molecule has 76 valence electrons. The SMILES string of the molecule is Nc1[nH]ncc1C(=O)NCCC(=O)O. The van der Waals surface area contributed by atoms with Crippen molar-refractivity contribution >= 4 is 17.7 Å². The second-order valence-electron chi connectivity index (χ2n) is 2.60. The summed E-state index contributed by atoms with van der Waals surface area (Å²) in [5.41, 5.74) is 5.60. The number of hydrogen-bond acceptors (Lipinski definition) is 4. The number of nitrogen functional groups attached to an aromatic ring is 1. The van der Waals surface area contributed by atoms with Crippen molar-refractivity contribution in [3.63, 3.8) is 0 Å². The minimum absolute atomic E-state index is 0.0682. The topological polar surface area (TPSA) is 121 Å². The predicted octanol–water partition coefficient (Wildman–Crippen LogP) is -0.804. The van der Waals surface area contributed by atoms with Crippen LogP contribution in [-0.4, -0.2) is 33.7 Å². The number of anilines is 1. The number of rotatable bonds is 4. The van der Waals surface area contributed by atoms with Crippen molar-refractivity contribution < 1.29 is 14.7 Å². The monoisotopic (exact) mass is 198 g/mol. The molecule has 0 aromatic carbocycles. The minimum atomic E-state index is -0.967. The fourth-order valence-electron chi connectivity index (χ4n) is 0.855. The van der Waals surface area contributed by atoms with Crippen LogP contribution in [0.5, 0.6) is 0 Å². The van der Waals surface area contributed by atoms with Crippen LogP contribution >= 0.6 is 0 Å². The number of nitrogens with one attached hydrogen (secondary N) is 2. The van der Waals surface area contributed by atoms with Crippen molar-refractivity contribution in [1.29, 1.82) is 0 Å². The maximum atomic E-state index is 11.3. The van der Waals surface area contributed by atoms with Crippen LogP contribution in [0.2, 0.25) is 0 Å². The Labute approximate surface area is 79.3 Å². The molecule has 1 aromatic rings. The number of H-pyrrole nitrogens is 1. The van der Waals surface area contributed by atoms with Crippen LogP contribution in [0.15, 0.2) is 6.20 Å². The Bertz CT molecular complexity index is 346.